The summed E-state index contributed by atoms with van der Waals surface area (Å²) in [7, 11) is 0. The van der Waals surface area contributed by atoms with E-state index in [4.69, 9.17) is 0 Å². The Labute approximate surface area is 160 Å². The number of hydrogen-bond donors (Lipinski definition) is 1. The van der Waals surface area contributed by atoms with Gasteiger partial charge in [-0.2, -0.15) is 0 Å². The predicted molar refractivity (Wildman–Crippen MR) is 111 cm³/mol. The zero-order chi connectivity index (χ0) is 18.5. The van der Waals surface area contributed by atoms with E-state index in [1.54, 1.807) is 0 Å². The molecule has 3 heteroatoms. The summed E-state index contributed by atoms with van der Waals surface area (Å²) in [5, 5.41) is 3.11. The number of carbonyl (C=O) groups is 1. The van der Waals surface area contributed by atoms with Crippen molar-refractivity contribution in [3.05, 3.63) is 95.6 Å². The number of fused-ring (bicyclic) bond motifs is 1. The first-order valence-corrected chi connectivity index (χ1v) is 9.54. The number of carbonyl (C=O) groups excluding carboxylic acids is 1. The van der Waals surface area contributed by atoms with Crippen molar-refractivity contribution in [2.24, 2.45) is 0 Å². The van der Waals surface area contributed by atoms with Crippen LogP contribution in [0.2, 0.25) is 0 Å². The molecule has 3 aromatic rings. The Bertz CT molecular complexity index is 920. The molecule has 0 saturated heterocycles. The third kappa shape index (κ3) is 4.20. The summed E-state index contributed by atoms with van der Waals surface area (Å²) in [4.78, 5) is 14.8. The smallest absolute Gasteiger partial charge is 0.224 e. The fourth-order valence-corrected chi connectivity index (χ4v) is 3.67. The van der Waals surface area contributed by atoms with E-state index in [9.17, 15) is 4.79 Å². The van der Waals surface area contributed by atoms with Crippen molar-refractivity contribution in [1.29, 1.82) is 0 Å². The Morgan fingerprint density at radius 3 is 2.52 bits per heavy atom. The fraction of sp³-hybridized carbons (Fsp3) is 0.208. The predicted octanol–water partition coefficient (Wildman–Crippen LogP) is 4.82. The molecule has 0 unspecified atom stereocenters. The molecule has 4 rings (SSSR count). The van der Waals surface area contributed by atoms with Gasteiger partial charge in [0.15, 0.2) is 0 Å². The van der Waals surface area contributed by atoms with Gasteiger partial charge in [0, 0.05) is 30.9 Å². The number of benzene rings is 3. The second kappa shape index (κ2) is 8.09. The van der Waals surface area contributed by atoms with Crippen molar-refractivity contribution in [3.63, 3.8) is 0 Å². The first-order valence-electron chi connectivity index (χ1n) is 9.54. The third-order valence-corrected chi connectivity index (χ3v) is 5.12. The highest BCUT2D eigenvalue weighted by atomic mass is 16.1. The summed E-state index contributed by atoms with van der Waals surface area (Å²) < 4.78 is 0. The average molecular weight is 356 g/mol. The summed E-state index contributed by atoms with van der Waals surface area (Å²) >= 11 is 0. The van der Waals surface area contributed by atoms with Gasteiger partial charge in [0.1, 0.15) is 0 Å². The van der Waals surface area contributed by atoms with Crippen LogP contribution in [0.5, 0.6) is 0 Å². The Hall–Kier alpha value is -3.07. The van der Waals surface area contributed by atoms with E-state index in [0.717, 1.165) is 37.2 Å². The molecule has 1 aliphatic heterocycles. The van der Waals surface area contributed by atoms with Crippen molar-refractivity contribution >= 4 is 17.3 Å². The van der Waals surface area contributed by atoms with Crippen LogP contribution in [-0.4, -0.2) is 12.5 Å². The highest BCUT2D eigenvalue weighted by Gasteiger charge is 2.19. The number of para-hydroxylation sites is 2. The largest absolute Gasteiger partial charge is 0.367 e. The molecule has 0 saturated carbocycles. The van der Waals surface area contributed by atoms with Crippen LogP contribution in [0.15, 0.2) is 78.9 Å². The highest BCUT2D eigenvalue weighted by molar-refractivity contribution is 5.91. The van der Waals surface area contributed by atoms with E-state index in [1.807, 2.05) is 36.4 Å². The number of aryl methyl sites for hydroxylation is 1. The maximum Gasteiger partial charge on any atom is 0.224 e. The van der Waals surface area contributed by atoms with Gasteiger partial charge in [0.25, 0.3) is 0 Å². The van der Waals surface area contributed by atoms with Crippen molar-refractivity contribution < 1.29 is 4.79 Å². The number of rotatable bonds is 6. The van der Waals surface area contributed by atoms with Gasteiger partial charge in [0.05, 0.1) is 0 Å². The third-order valence-electron chi connectivity index (χ3n) is 5.12. The molecule has 0 aromatic heterocycles. The Balaban J connectivity index is 1.42. The second-order valence-corrected chi connectivity index (χ2v) is 6.99. The molecule has 1 amide bonds. The molecule has 1 heterocycles. The Morgan fingerprint density at radius 2 is 1.63 bits per heavy atom. The van der Waals surface area contributed by atoms with Gasteiger partial charge in [-0.15, -0.1) is 0 Å². The maximum atomic E-state index is 12.4. The fourth-order valence-electron chi connectivity index (χ4n) is 3.67. The molecule has 0 radical (unpaired) electrons. The molecular formula is C24H24N2O. The topological polar surface area (TPSA) is 32.3 Å². The maximum absolute atomic E-state index is 12.4. The van der Waals surface area contributed by atoms with Crippen molar-refractivity contribution in [1.82, 2.24) is 0 Å². The number of amides is 1. The molecule has 0 bridgehead atoms. The van der Waals surface area contributed by atoms with Crippen LogP contribution in [-0.2, 0) is 24.2 Å². The van der Waals surface area contributed by atoms with Gasteiger partial charge in [0.2, 0.25) is 5.91 Å². The lowest BCUT2D eigenvalue weighted by molar-refractivity contribution is -0.116. The lowest BCUT2D eigenvalue weighted by atomic mass is 10.1. The Kier molecular flexibility index (Phi) is 5.20. The minimum Gasteiger partial charge on any atom is -0.367 e. The molecule has 3 nitrogen and oxygen atoms in total. The quantitative estimate of drug-likeness (QED) is 0.687. The summed E-state index contributed by atoms with van der Waals surface area (Å²) in [6.07, 6.45) is 2.33. The summed E-state index contributed by atoms with van der Waals surface area (Å²) in [6, 6.07) is 26.8. The first kappa shape index (κ1) is 17.3. The minimum absolute atomic E-state index is 0.0631. The van der Waals surface area contributed by atoms with Crippen LogP contribution in [0.3, 0.4) is 0 Å². The molecule has 27 heavy (non-hydrogen) atoms. The van der Waals surface area contributed by atoms with Crippen LogP contribution >= 0.6 is 0 Å². The first-order chi connectivity index (χ1) is 13.3. The average Bonchev–Trinajstić information content (AvgIpc) is 3.12. The van der Waals surface area contributed by atoms with Crippen molar-refractivity contribution in [2.75, 3.05) is 16.8 Å². The van der Waals surface area contributed by atoms with Gasteiger partial charge >= 0.3 is 0 Å². The van der Waals surface area contributed by atoms with Gasteiger partial charge < -0.3 is 10.2 Å². The summed E-state index contributed by atoms with van der Waals surface area (Å²) in [5.41, 5.74) is 5.97. The monoisotopic (exact) mass is 356 g/mol. The molecule has 3 aromatic carbocycles. The van der Waals surface area contributed by atoms with E-state index >= 15 is 0 Å². The zero-order valence-electron chi connectivity index (χ0n) is 15.4. The van der Waals surface area contributed by atoms with E-state index < -0.39 is 0 Å². The highest BCUT2D eigenvalue weighted by Crippen LogP contribution is 2.30. The van der Waals surface area contributed by atoms with E-state index in [0.29, 0.717) is 6.42 Å². The molecule has 1 aliphatic rings. The van der Waals surface area contributed by atoms with Gasteiger partial charge in [-0.05, 0) is 41.7 Å². The number of nitrogens with zero attached hydrogens (tertiary/aromatic N) is 1. The van der Waals surface area contributed by atoms with E-state index in [-0.39, 0.29) is 5.91 Å². The van der Waals surface area contributed by atoms with Crippen LogP contribution in [0.4, 0.5) is 11.4 Å². The van der Waals surface area contributed by atoms with Crippen LogP contribution in [0, 0.1) is 0 Å². The molecular weight excluding hydrogens is 332 g/mol. The van der Waals surface area contributed by atoms with Gasteiger partial charge in [-0.1, -0.05) is 66.7 Å². The van der Waals surface area contributed by atoms with Gasteiger partial charge in [-0.25, -0.2) is 0 Å². The molecule has 1 N–H and O–H groups in total. The lowest BCUT2D eigenvalue weighted by Gasteiger charge is -2.21. The van der Waals surface area contributed by atoms with Crippen molar-refractivity contribution in [3.8, 4) is 0 Å². The Morgan fingerprint density at radius 1 is 0.889 bits per heavy atom. The zero-order valence-corrected chi connectivity index (χ0v) is 15.4. The van der Waals surface area contributed by atoms with Crippen LogP contribution in [0.1, 0.15) is 23.1 Å². The van der Waals surface area contributed by atoms with E-state index in [1.165, 1.54) is 16.8 Å². The van der Waals surface area contributed by atoms with Gasteiger partial charge in [-0.3, -0.25) is 4.79 Å². The number of anilines is 2. The molecule has 0 atom stereocenters. The molecule has 0 fully saturated rings. The lowest BCUT2D eigenvalue weighted by Crippen LogP contribution is -2.21. The summed E-state index contributed by atoms with van der Waals surface area (Å²) in [6.45, 7) is 1.84. The van der Waals surface area contributed by atoms with E-state index in [2.05, 4.69) is 52.7 Å². The molecule has 0 aliphatic carbocycles. The summed E-state index contributed by atoms with van der Waals surface area (Å²) in [5.74, 6) is 0.0631. The number of hydrogen-bond acceptors (Lipinski definition) is 2. The normalized spacial score (nSPS) is 12.7. The molecule has 0 spiro atoms. The van der Waals surface area contributed by atoms with Crippen LogP contribution < -0.4 is 10.2 Å². The molecule has 136 valence electrons. The van der Waals surface area contributed by atoms with Crippen LogP contribution in [0.25, 0.3) is 0 Å². The number of nitrogens with one attached hydrogen (secondary N) is 1. The SMILES string of the molecule is O=C(CCc1ccccc1)Nc1ccccc1CN1CCc2ccccc21. The minimum atomic E-state index is 0.0631. The second-order valence-electron chi connectivity index (χ2n) is 6.99. The standard InChI is InChI=1S/C24H24N2O/c27-24(15-14-19-8-2-1-3-9-19)25-22-12-6-4-11-21(22)18-26-17-16-20-10-5-7-13-23(20)26/h1-13H,14-18H2,(H,25,27). The van der Waals surface area contributed by atoms with Crippen molar-refractivity contribution in [2.45, 2.75) is 25.8 Å².